The molecule has 2 aliphatic heterocycles. The van der Waals surface area contributed by atoms with Gasteiger partial charge in [-0.1, -0.05) is 44.2 Å². The van der Waals surface area contributed by atoms with E-state index < -0.39 is 21.5 Å². The van der Waals surface area contributed by atoms with E-state index in [-0.39, 0.29) is 11.8 Å². The first-order valence-corrected chi connectivity index (χ1v) is 17.0. The highest BCUT2D eigenvalue weighted by Gasteiger charge is 2.42. The Morgan fingerprint density at radius 1 is 1.00 bits per heavy atom. The van der Waals surface area contributed by atoms with Crippen molar-refractivity contribution in [3.63, 3.8) is 0 Å². The standard InChI is InChI=1S/C25H33N3O3.C9H12O2S/c1-4-20-21-14-18(7-8-22(21)31-25(2,3)24(20)30)15-23(29)28-12-10-27(11-13-28)17-19-6-5-9-26-16-19;1-3-8-4-6-9(7-5-8)12(2,10)11/h5-9,14,16,20,24,30H,4,10-13,15,17H2,1-3H3;4-7H,3H2,1-2H3/t20-,24+;/m1./s1. The van der Waals surface area contributed by atoms with Crippen molar-refractivity contribution < 1.29 is 23.1 Å². The Balaban J connectivity index is 0.000000296. The molecule has 43 heavy (non-hydrogen) atoms. The van der Waals surface area contributed by atoms with E-state index in [4.69, 9.17) is 4.74 Å². The van der Waals surface area contributed by atoms with Crippen LogP contribution in [0.2, 0.25) is 0 Å². The first-order valence-electron chi connectivity index (χ1n) is 15.1. The fraction of sp³-hybridized carbons (Fsp3) is 0.471. The average Bonchev–Trinajstić information content (AvgIpc) is 2.99. The molecule has 1 fully saturated rings. The highest BCUT2D eigenvalue weighted by molar-refractivity contribution is 7.90. The lowest BCUT2D eigenvalue weighted by Gasteiger charge is -2.42. The molecule has 0 aliphatic carbocycles. The van der Waals surface area contributed by atoms with Crippen molar-refractivity contribution in [2.45, 2.75) is 76.0 Å². The second-order valence-electron chi connectivity index (χ2n) is 12.0. The van der Waals surface area contributed by atoms with Crippen molar-refractivity contribution in [3.05, 3.63) is 89.2 Å². The zero-order valence-corrected chi connectivity index (χ0v) is 26.8. The number of aromatic nitrogens is 1. The third-order valence-electron chi connectivity index (χ3n) is 8.35. The quantitative estimate of drug-likeness (QED) is 0.418. The SMILES string of the molecule is CC[C@@H]1c2cc(CC(=O)N3CCN(Cc4cccnc4)CC3)ccc2OC(C)(C)[C@H]1O.CCc1ccc(S(C)(=O)=O)cc1. The van der Waals surface area contributed by atoms with Crippen LogP contribution in [0.3, 0.4) is 0 Å². The summed E-state index contributed by atoms with van der Waals surface area (Å²) in [6.07, 6.45) is 6.49. The number of amides is 1. The number of piperazine rings is 1. The van der Waals surface area contributed by atoms with Gasteiger partial charge >= 0.3 is 0 Å². The molecule has 2 aliphatic rings. The Kier molecular flexibility index (Phi) is 10.6. The number of carbonyl (C=O) groups excluding carboxylic acids is 1. The largest absolute Gasteiger partial charge is 0.485 e. The second kappa shape index (κ2) is 14.0. The predicted octanol–water partition coefficient (Wildman–Crippen LogP) is 4.65. The molecule has 1 N–H and O–H groups in total. The van der Waals surface area contributed by atoms with E-state index in [1.165, 1.54) is 11.8 Å². The van der Waals surface area contributed by atoms with Crippen LogP contribution in [0.4, 0.5) is 0 Å². The Labute approximate surface area is 256 Å². The maximum absolute atomic E-state index is 12.9. The Morgan fingerprint density at radius 2 is 1.67 bits per heavy atom. The normalized spacial score (nSPS) is 19.9. The molecule has 0 spiro atoms. The molecule has 1 saturated heterocycles. The van der Waals surface area contributed by atoms with Crippen molar-refractivity contribution in [1.29, 1.82) is 0 Å². The van der Waals surface area contributed by atoms with Crippen molar-refractivity contribution in [2.75, 3.05) is 32.4 Å². The van der Waals surface area contributed by atoms with E-state index in [9.17, 15) is 18.3 Å². The first-order chi connectivity index (χ1) is 20.4. The summed E-state index contributed by atoms with van der Waals surface area (Å²) < 4.78 is 28.1. The van der Waals surface area contributed by atoms with E-state index in [0.29, 0.717) is 11.3 Å². The van der Waals surface area contributed by atoms with Crippen LogP contribution in [-0.2, 0) is 34.0 Å². The van der Waals surface area contributed by atoms with Crippen LogP contribution in [0.5, 0.6) is 5.75 Å². The molecule has 0 unspecified atom stereocenters. The number of benzene rings is 2. The molecule has 9 heteroatoms. The van der Waals surface area contributed by atoms with Crippen molar-refractivity contribution >= 4 is 15.7 Å². The second-order valence-corrected chi connectivity index (χ2v) is 14.0. The predicted molar refractivity (Wildman–Crippen MR) is 169 cm³/mol. The van der Waals surface area contributed by atoms with Gasteiger partial charge in [-0.3, -0.25) is 14.7 Å². The van der Waals surface area contributed by atoms with E-state index in [2.05, 4.69) is 28.9 Å². The number of carbonyl (C=O) groups is 1. The van der Waals surface area contributed by atoms with E-state index in [0.717, 1.165) is 68.0 Å². The van der Waals surface area contributed by atoms with Gasteiger partial charge in [0.05, 0.1) is 11.3 Å². The van der Waals surface area contributed by atoms with E-state index in [1.54, 1.807) is 18.3 Å². The Bertz CT molecular complexity index is 1470. The van der Waals surface area contributed by atoms with E-state index >= 15 is 0 Å². The van der Waals surface area contributed by atoms with Gasteiger partial charge in [-0.15, -0.1) is 0 Å². The topological polar surface area (TPSA) is 100 Å². The number of pyridine rings is 1. The van der Waals surface area contributed by atoms with Crippen LogP contribution in [0.15, 0.2) is 71.9 Å². The smallest absolute Gasteiger partial charge is 0.227 e. The van der Waals surface area contributed by atoms with Gasteiger partial charge < -0.3 is 14.7 Å². The highest BCUT2D eigenvalue weighted by Crippen LogP contribution is 2.43. The summed E-state index contributed by atoms with van der Waals surface area (Å²) >= 11 is 0. The summed E-state index contributed by atoms with van der Waals surface area (Å²) in [6, 6.07) is 17.0. The van der Waals surface area contributed by atoms with E-state index in [1.807, 2.05) is 62.2 Å². The van der Waals surface area contributed by atoms with Crippen molar-refractivity contribution in [2.24, 2.45) is 0 Å². The maximum Gasteiger partial charge on any atom is 0.227 e. The molecule has 3 heterocycles. The number of fused-ring (bicyclic) bond motifs is 1. The molecule has 1 amide bonds. The number of hydrogen-bond donors (Lipinski definition) is 1. The molecule has 2 aromatic carbocycles. The number of ether oxygens (including phenoxy) is 1. The molecule has 3 aromatic rings. The minimum atomic E-state index is -3.03. The van der Waals surface area contributed by atoms with Crippen LogP contribution in [-0.4, -0.2) is 78.4 Å². The van der Waals surface area contributed by atoms with Gasteiger partial charge in [0.1, 0.15) is 17.5 Å². The molecule has 0 saturated carbocycles. The Hall–Kier alpha value is -3.27. The molecule has 8 nitrogen and oxygen atoms in total. The number of aliphatic hydroxyl groups is 1. The molecule has 1 aromatic heterocycles. The van der Waals surface area contributed by atoms with Gasteiger partial charge in [0.2, 0.25) is 5.91 Å². The fourth-order valence-electron chi connectivity index (χ4n) is 5.70. The molecule has 0 radical (unpaired) electrons. The number of hydrogen-bond acceptors (Lipinski definition) is 7. The third-order valence-corrected chi connectivity index (χ3v) is 9.48. The summed E-state index contributed by atoms with van der Waals surface area (Å²) in [4.78, 5) is 21.8. The first kappa shape index (κ1) is 32.6. The number of rotatable bonds is 7. The lowest BCUT2D eigenvalue weighted by molar-refractivity contribution is -0.132. The van der Waals surface area contributed by atoms with Crippen LogP contribution in [0.1, 0.15) is 62.3 Å². The van der Waals surface area contributed by atoms with Crippen LogP contribution >= 0.6 is 0 Å². The number of aryl methyl sites for hydroxylation is 1. The molecule has 232 valence electrons. The zero-order valence-electron chi connectivity index (χ0n) is 26.0. The molecule has 2 atom stereocenters. The summed E-state index contributed by atoms with van der Waals surface area (Å²) in [7, 11) is -3.03. The third kappa shape index (κ3) is 8.43. The van der Waals surface area contributed by atoms with Crippen molar-refractivity contribution in [3.8, 4) is 5.75 Å². The molecular weight excluding hydrogens is 562 g/mol. The summed E-state index contributed by atoms with van der Waals surface area (Å²) in [6.45, 7) is 12.1. The van der Waals surface area contributed by atoms with Crippen LogP contribution < -0.4 is 4.74 Å². The van der Waals surface area contributed by atoms with Gasteiger partial charge in [0.25, 0.3) is 0 Å². The monoisotopic (exact) mass is 607 g/mol. The minimum absolute atomic E-state index is 0.0184. The highest BCUT2D eigenvalue weighted by atomic mass is 32.2. The molecular formula is C34H45N3O5S. The van der Waals surface area contributed by atoms with Gasteiger partial charge in [-0.2, -0.15) is 0 Å². The number of aliphatic hydroxyl groups excluding tert-OH is 1. The average molecular weight is 608 g/mol. The molecule has 5 rings (SSSR count). The Morgan fingerprint density at radius 3 is 2.26 bits per heavy atom. The van der Waals surface area contributed by atoms with Crippen molar-refractivity contribution in [1.82, 2.24) is 14.8 Å². The lowest BCUT2D eigenvalue weighted by atomic mass is 9.79. The zero-order chi connectivity index (χ0) is 31.2. The van der Waals surface area contributed by atoms with Crippen LogP contribution in [0.25, 0.3) is 0 Å². The maximum atomic E-state index is 12.9. The number of nitrogens with zero attached hydrogens (tertiary/aromatic N) is 3. The summed E-state index contributed by atoms with van der Waals surface area (Å²) in [5.41, 5.74) is 3.74. The summed E-state index contributed by atoms with van der Waals surface area (Å²) in [5.74, 6) is 0.999. The lowest BCUT2D eigenvalue weighted by Crippen LogP contribution is -2.49. The van der Waals surface area contributed by atoms with Gasteiger partial charge in [-0.25, -0.2) is 8.42 Å². The number of sulfone groups is 1. The minimum Gasteiger partial charge on any atom is -0.485 e. The van der Waals surface area contributed by atoms with Gasteiger partial charge in [0.15, 0.2) is 9.84 Å². The van der Waals surface area contributed by atoms with Crippen LogP contribution in [0, 0.1) is 0 Å². The molecule has 0 bridgehead atoms. The van der Waals surface area contributed by atoms with Gasteiger partial charge in [0, 0.05) is 62.9 Å². The fourth-order valence-corrected chi connectivity index (χ4v) is 6.33. The summed E-state index contributed by atoms with van der Waals surface area (Å²) in [5, 5.41) is 10.7. The van der Waals surface area contributed by atoms with Gasteiger partial charge in [-0.05, 0) is 67.6 Å².